The first-order valence-electron chi connectivity index (χ1n) is 6.71. The molecule has 0 bridgehead atoms. The molecule has 108 valence electrons. The maximum Gasteiger partial charge on any atom is 0.166 e. The van der Waals surface area contributed by atoms with Crippen LogP contribution in [0, 0.1) is 12.7 Å². The van der Waals surface area contributed by atoms with Crippen LogP contribution in [0.3, 0.4) is 0 Å². The van der Waals surface area contributed by atoms with E-state index in [0.717, 1.165) is 27.3 Å². The van der Waals surface area contributed by atoms with Gasteiger partial charge in [0.25, 0.3) is 0 Å². The van der Waals surface area contributed by atoms with Gasteiger partial charge in [0.05, 0.1) is 11.0 Å². The Morgan fingerprint density at radius 3 is 2.81 bits per heavy atom. The van der Waals surface area contributed by atoms with Gasteiger partial charge in [-0.05, 0) is 47.9 Å². The van der Waals surface area contributed by atoms with Crippen molar-refractivity contribution in [2.75, 3.05) is 0 Å². The maximum absolute atomic E-state index is 13.5. The number of aromatic amines is 1. The third kappa shape index (κ3) is 3.25. The maximum atomic E-state index is 13.5. The molecule has 0 saturated heterocycles. The van der Waals surface area contributed by atoms with Crippen LogP contribution in [-0.4, -0.2) is 9.97 Å². The number of hydrogen-bond acceptors (Lipinski definition) is 3. The van der Waals surface area contributed by atoms with E-state index in [1.807, 2.05) is 25.1 Å². The number of fused-ring (bicyclic) bond motifs is 1. The van der Waals surface area contributed by atoms with Gasteiger partial charge in [0.2, 0.25) is 0 Å². The van der Waals surface area contributed by atoms with Crippen molar-refractivity contribution in [1.29, 1.82) is 0 Å². The van der Waals surface area contributed by atoms with Crippen LogP contribution in [0.5, 0.6) is 0 Å². The fourth-order valence-electron chi connectivity index (χ4n) is 2.24. The van der Waals surface area contributed by atoms with Gasteiger partial charge in [0.15, 0.2) is 5.16 Å². The number of hydrogen-bond donors (Lipinski definition) is 2. The van der Waals surface area contributed by atoms with Gasteiger partial charge >= 0.3 is 0 Å². The summed E-state index contributed by atoms with van der Waals surface area (Å²) >= 11 is 1.56. The highest BCUT2D eigenvalue weighted by molar-refractivity contribution is 7.98. The van der Waals surface area contributed by atoms with Crippen LogP contribution < -0.4 is 5.73 Å². The number of aromatic nitrogens is 2. The molecule has 0 aliphatic rings. The van der Waals surface area contributed by atoms with Crippen LogP contribution in [0.2, 0.25) is 0 Å². The first kappa shape index (κ1) is 14.1. The fourth-order valence-corrected chi connectivity index (χ4v) is 3.05. The minimum atomic E-state index is -0.242. The molecule has 0 aliphatic carbocycles. The van der Waals surface area contributed by atoms with E-state index in [2.05, 4.69) is 16.0 Å². The van der Waals surface area contributed by atoms with Gasteiger partial charge in [0, 0.05) is 12.3 Å². The first-order chi connectivity index (χ1) is 10.1. The van der Waals surface area contributed by atoms with Gasteiger partial charge in [-0.1, -0.05) is 23.9 Å². The largest absolute Gasteiger partial charge is 0.333 e. The topological polar surface area (TPSA) is 54.7 Å². The molecule has 0 saturated carbocycles. The van der Waals surface area contributed by atoms with Gasteiger partial charge in [-0.3, -0.25) is 0 Å². The number of thioether (sulfide) groups is 1. The number of H-pyrrole nitrogens is 1. The molecule has 0 radical (unpaired) electrons. The molecular formula is C16H16FN3S. The summed E-state index contributed by atoms with van der Waals surface area (Å²) < 4.78 is 13.5. The second kappa shape index (κ2) is 5.87. The van der Waals surface area contributed by atoms with E-state index >= 15 is 0 Å². The number of nitrogens with one attached hydrogen (secondary N) is 1. The number of halogens is 1. The molecule has 3 aromatic rings. The van der Waals surface area contributed by atoms with E-state index in [1.165, 1.54) is 11.6 Å². The summed E-state index contributed by atoms with van der Waals surface area (Å²) in [7, 11) is 0. The Bertz CT molecular complexity index is 782. The number of nitrogens with zero attached hydrogens (tertiary/aromatic N) is 1. The minimum absolute atomic E-state index is 0.242. The van der Waals surface area contributed by atoms with E-state index in [0.29, 0.717) is 12.3 Å². The van der Waals surface area contributed by atoms with E-state index in [-0.39, 0.29) is 5.82 Å². The lowest BCUT2D eigenvalue weighted by molar-refractivity contribution is 0.624. The Morgan fingerprint density at radius 1 is 1.19 bits per heavy atom. The SMILES string of the molecule is Cc1ccc2nc(SCc3cc(F)cc(CN)c3)[nH]c2c1. The van der Waals surface area contributed by atoms with Gasteiger partial charge in [-0.15, -0.1) is 0 Å². The monoisotopic (exact) mass is 301 g/mol. The summed E-state index contributed by atoms with van der Waals surface area (Å²) in [6.07, 6.45) is 0. The molecular weight excluding hydrogens is 285 g/mol. The fraction of sp³-hybridized carbons (Fsp3) is 0.188. The van der Waals surface area contributed by atoms with Gasteiger partial charge in [-0.2, -0.15) is 0 Å². The molecule has 0 amide bonds. The highest BCUT2D eigenvalue weighted by atomic mass is 32.2. The van der Waals surface area contributed by atoms with Crippen molar-refractivity contribution in [3.05, 3.63) is 58.9 Å². The van der Waals surface area contributed by atoms with Crippen LogP contribution in [-0.2, 0) is 12.3 Å². The smallest absolute Gasteiger partial charge is 0.166 e. The number of aryl methyl sites for hydroxylation is 1. The van der Waals surface area contributed by atoms with Crippen LogP contribution in [0.15, 0.2) is 41.6 Å². The van der Waals surface area contributed by atoms with Gasteiger partial charge in [-0.25, -0.2) is 9.37 Å². The zero-order chi connectivity index (χ0) is 14.8. The summed E-state index contributed by atoms with van der Waals surface area (Å²) in [5.74, 6) is 0.414. The Kier molecular flexibility index (Phi) is 3.94. The lowest BCUT2D eigenvalue weighted by atomic mass is 10.1. The molecule has 1 heterocycles. The molecule has 3 rings (SSSR count). The van der Waals surface area contributed by atoms with Crippen molar-refractivity contribution in [1.82, 2.24) is 9.97 Å². The zero-order valence-corrected chi connectivity index (χ0v) is 12.5. The van der Waals surface area contributed by atoms with Crippen LogP contribution in [0.25, 0.3) is 11.0 Å². The quantitative estimate of drug-likeness (QED) is 0.721. The second-order valence-electron chi connectivity index (χ2n) is 5.02. The predicted octanol–water partition coefficient (Wildman–Crippen LogP) is 3.76. The Morgan fingerprint density at radius 2 is 2.00 bits per heavy atom. The highest BCUT2D eigenvalue weighted by Gasteiger charge is 2.05. The predicted molar refractivity (Wildman–Crippen MR) is 84.7 cm³/mol. The van der Waals surface area contributed by atoms with Crippen LogP contribution >= 0.6 is 11.8 Å². The van der Waals surface area contributed by atoms with E-state index < -0.39 is 0 Å². The average Bonchev–Trinajstić information content (AvgIpc) is 2.86. The molecule has 0 unspecified atom stereocenters. The first-order valence-corrected chi connectivity index (χ1v) is 7.70. The number of benzene rings is 2. The standard InChI is InChI=1S/C16H16FN3S/c1-10-2-3-14-15(4-10)20-16(19-14)21-9-12-5-11(8-18)6-13(17)7-12/h2-7H,8-9,18H2,1H3,(H,19,20). The van der Waals surface area contributed by atoms with Crippen molar-refractivity contribution in [3.63, 3.8) is 0 Å². The molecule has 21 heavy (non-hydrogen) atoms. The van der Waals surface area contributed by atoms with Crippen LogP contribution in [0.4, 0.5) is 4.39 Å². The third-order valence-corrected chi connectivity index (χ3v) is 4.19. The van der Waals surface area contributed by atoms with Crippen molar-refractivity contribution < 1.29 is 4.39 Å². The van der Waals surface area contributed by atoms with E-state index in [1.54, 1.807) is 17.8 Å². The van der Waals surface area contributed by atoms with Crippen molar-refractivity contribution in [2.24, 2.45) is 5.73 Å². The molecule has 0 fully saturated rings. The molecule has 3 N–H and O–H groups in total. The number of imidazole rings is 1. The summed E-state index contributed by atoms with van der Waals surface area (Å²) in [6.45, 7) is 2.40. The van der Waals surface area contributed by atoms with Gasteiger partial charge in [0.1, 0.15) is 5.82 Å². The Labute approximate surface area is 126 Å². The molecule has 1 aromatic heterocycles. The molecule has 3 nitrogen and oxygen atoms in total. The summed E-state index contributed by atoms with van der Waals surface area (Å²) in [4.78, 5) is 7.81. The van der Waals surface area contributed by atoms with Crippen molar-refractivity contribution in [3.8, 4) is 0 Å². The minimum Gasteiger partial charge on any atom is -0.333 e. The molecule has 5 heteroatoms. The van der Waals surface area contributed by atoms with Gasteiger partial charge < -0.3 is 10.7 Å². The normalized spacial score (nSPS) is 11.2. The van der Waals surface area contributed by atoms with E-state index in [4.69, 9.17) is 5.73 Å². The van der Waals surface area contributed by atoms with Crippen LogP contribution in [0.1, 0.15) is 16.7 Å². The zero-order valence-electron chi connectivity index (χ0n) is 11.7. The van der Waals surface area contributed by atoms with Crippen molar-refractivity contribution >= 4 is 22.8 Å². The molecule has 0 spiro atoms. The Balaban J connectivity index is 1.78. The summed E-state index contributed by atoms with van der Waals surface area (Å²) in [5.41, 5.74) is 10.5. The number of nitrogens with two attached hydrogens (primary N) is 1. The average molecular weight is 301 g/mol. The highest BCUT2D eigenvalue weighted by Crippen LogP contribution is 2.24. The molecule has 0 atom stereocenters. The lowest BCUT2D eigenvalue weighted by Crippen LogP contribution is -1.98. The number of rotatable bonds is 4. The summed E-state index contributed by atoms with van der Waals surface area (Å²) in [6, 6.07) is 11.1. The molecule has 0 aliphatic heterocycles. The Hall–Kier alpha value is -1.85. The van der Waals surface area contributed by atoms with E-state index in [9.17, 15) is 4.39 Å². The molecule has 2 aromatic carbocycles. The van der Waals surface area contributed by atoms with Crippen molar-refractivity contribution in [2.45, 2.75) is 24.4 Å². The summed E-state index contributed by atoms with van der Waals surface area (Å²) in [5, 5.41) is 0.842. The third-order valence-electron chi connectivity index (χ3n) is 3.24. The second-order valence-corrected chi connectivity index (χ2v) is 5.99. The lowest BCUT2D eigenvalue weighted by Gasteiger charge is -2.03.